The van der Waals surface area contributed by atoms with Crippen LogP contribution in [0.2, 0.25) is 0 Å². The first-order chi connectivity index (χ1) is 13.1. The number of nitrogens with zero attached hydrogens (tertiary/aromatic N) is 2. The Labute approximate surface area is 156 Å². The molecule has 7 heteroatoms. The summed E-state index contributed by atoms with van der Waals surface area (Å²) >= 11 is 0. The molecule has 0 aliphatic rings. The molecule has 0 aliphatic carbocycles. The molecule has 3 aromatic rings. The van der Waals surface area contributed by atoms with Gasteiger partial charge in [-0.25, -0.2) is 5.48 Å². The number of fused-ring (bicyclic) bond motifs is 1. The van der Waals surface area contributed by atoms with Gasteiger partial charge >= 0.3 is 0 Å². The van der Waals surface area contributed by atoms with Gasteiger partial charge in [0.25, 0.3) is 0 Å². The highest BCUT2D eigenvalue weighted by Gasteiger charge is 2.18. The Hall–Kier alpha value is -3.16. The number of amides is 2. The Bertz CT molecular complexity index is 937. The molecule has 0 saturated carbocycles. The Morgan fingerprint density at radius 2 is 1.74 bits per heavy atom. The van der Waals surface area contributed by atoms with Crippen LogP contribution in [0, 0.1) is 0 Å². The number of aliphatic hydroxyl groups excluding tert-OH is 1. The first-order valence-corrected chi connectivity index (χ1v) is 8.60. The van der Waals surface area contributed by atoms with E-state index in [-0.39, 0.29) is 32.0 Å². The number of hydrogen-bond donors (Lipinski definition) is 3. The van der Waals surface area contributed by atoms with Gasteiger partial charge in [-0.2, -0.15) is 0 Å². The lowest BCUT2D eigenvalue weighted by Gasteiger charge is -2.22. The topological polar surface area (TPSA) is 94.8 Å². The number of carbonyl (C=O) groups is 2. The zero-order chi connectivity index (χ0) is 19.2. The molecule has 140 valence electrons. The molecular weight excluding hydrogens is 346 g/mol. The maximum absolute atomic E-state index is 12.9. The number of rotatable bonds is 7. The minimum atomic E-state index is -0.518. The smallest absolute Gasteiger partial charge is 0.247 e. The third-order valence-electron chi connectivity index (χ3n) is 4.34. The van der Waals surface area contributed by atoms with Crippen LogP contribution in [0.5, 0.6) is 0 Å². The van der Waals surface area contributed by atoms with Crippen molar-refractivity contribution in [3.8, 4) is 0 Å². The normalized spacial score (nSPS) is 10.7. The minimum absolute atomic E-state index is 0.0112. The molecule has 1 heterocycles. The van der Waals surface area contributed by atoms with Crippen LogP contribution in [-0.4, -0.2) is 39.8 Å². The van der Waals surface area contributed by atoms with Crippen molar-refractivity contribution >= 4 is 28.4 Å². The molecule has 0 bridgehead atoms. The Morgan fingerprint density at radius 3 is 2.44 bits per heavy atom. The van der Waals surface area contributed by atoms with Crippen molar-refractivity contribution in [2.24, 2.45) is 0 Å². The number of benzene rings is 2. The van der Waals surface area contributed by atoms with Crippen molar-refractivity contribution in [2.45, 2.75) is 13.0 Å². The Balaban J connectivity index is 1.91. The van der Waals surface area contributed by atoms with E-state index in [1.54, 1.807) is 16.2 Å². The largest absolute Gasteiger partial charge is 0.395 e. The van der Waals surface area contributed by atoms with Crippen LogP contribution in [0.3, 0.4) is 0 Å². The Kier molecular flexibility index (Phi) is 5.85. The number of carbonyl (C=O) groups excluding carboxylic acids is 2. The average molecular weight is 367 g/mol. The quantitative estimate of drug-likeness (QED) is 0.438. The van der Waals surface area contributed by atoms with Crippen LogP contribution in [0.4, 0.5) is 5.69 Å². The van der Waals surface area contributed by atoms with Crippen LogP contribution < -0.4 is 10.4 Å². The van der Waals surface area contributed by atoms with Crippen LogP contribution in [0.15, 0.2) is 60.8 Å². The number of hydrogen-bond acceptors (Lipinski definition) is 4. The van der Waals surface area contributed by atoms with E-state index in [9.17, 15) is 14.7 Å². The highest BCUT2D eigenvalue weighted by Crippen LogP contribution is 2.23. The van der Waals surface area contributed by atoms with E-state index in [0.717, 1.165) is 16.5 Å². The number of aromatic nitrogens is 1. The fourth-order valence-corrected chi connectivity index (χ4v) is 3.14. The molecule has 0 spiro atoms. The molecule has 3 rings (SSSR count). The van der Waals surface area contributed by atoms with Gasteiger partial charge in [0.1, 0.15) is 6.54 Å². The Morgan fingerprint density at radius 1 is 1.04 bits per heavy atom. The number of nitrogens with one attached hydrogen (secondary N) is 1. The van der Waals surface area contributed by atoms with E-state index in [0.29, 0.717) is 5.69 Å². The van der Waals surface area contributed by atoms with Crippen molar-refractivity contribution in [3.63, 3.8) is 0 Å². The lowest BCUT2D eigenvalue weighted by Crippen LogP contribution is -2.36. The first kappa shape index (κ1) is 18.6. The summed E-state index contributed by atoms with van der Waals surface area (Å²) in [6.45, 7) is 0.118. The molecule has 3 N–H and O–H groups in total. The summed E-state index contributed by atoms with van der Waals surface area (Å²) in [4.78, 5) is 26.0. The highest BCUT2D eigenvalue weighted by molar-refractivity contribution is 5.95. The average Bonchev–Trinajstić information content (AvgIpc) is 3.04. The van der Waals surface area contributed by atoms with Crippen molar-refractivity contribution in [2.75, 3.05) is 18.1 Å². The molecule has 0 unspecified atom stereocenters. The molecule has 2 amide bonds. The van der Waals surface area contributed by atoms with Gasteiger partial charge in [-0.3, -0.25) is 14.8 Å². The van der Waals surface area contributed by atoms with E-state index < -0.39 is 5.91 Å². The van der Waals surface area contributed by atoms with E-state index in [1.807, 2.05) is 54.6 Å². The SMILES string of the molecule is O=C(Cc1cn(CC(=O)N(CCO)c2ccccc2)c2ccccc12)NO. The second kappa shape index (κ2) is 8.48. The molecule has 7 nitrogen and oxygen atoms in total. The minimum Gasteiger partial charge on any atom is -0.395 e. The monoisotopic (exact) mass is 367 g/mol. The van der Waals surface area contributed by atoms with Gasteiger partial charge < -0.3 is 14.6 Å². The van der Waals surface area contributed by atoms with Crippen LogP contribution in [0.25, 0.3) is 10.9 Å². The van der Waals surface area contributed by atoms with E-state index in [2.05, 4.69) is 0 Å². The van der Waals surface area contributed by atoms with Gasteiger partial charge in [-0.1, -0.05) is 36.4 Å². The van der Waals surface area contributed by atoms with Gasteiger partial charge in [-0.05, 0) is 23.8 Å². The zero-order valence-corrected chi connectivity index (χ0v) is 14.7. The second-order valence-electron chi connectivity index (χ2n) is 6.12. The molecule has 27 heavy (non-hydrogen) atoms. The first-order valence-electron chi connectivity index (χ1n) is 8.60. The predicted molar refractivity (Wildman–Crippen MR) is 101 cm³/mol. The maximum Gasteiger partial charge on any atom is 0.247 e. The lowest BCUT2D eigenvalue weighted by atomic mass is 10.1. The molecule has 0 aliphatic heterocycles. The summed E-state index contributed by atoms with van der Waals surface area (Å²) in [5.74, 6) is -0.690. The van der Waals surface area contributed by atoms with Gasteiger partial charge in [0, 0.05) is 29.3 Å². The van der Waals surface area contributed by atoms with Crippen LogP contribution in [0.1, 0.15) is 5.56 Å². The molecule has 0 radical (unpaired) electrons. The molecule has 0 atom stereocenters. The molecule has 0 saturated heterocycles. The van der Waals surface area contributed by atoms with Crippen LogP contribution >= 0.6 is 0 Å². The summed E-state index contributed by atoms with van der Waals surface area (Å²) in [7, 11) is 0. The van der Waals surface area contributed by atoms with Gasteiger partial charge in [0.15, 0.2) is 0 Å². The number of para-hydroxylation sites is 2. The van der Waals surface area contributed by atoms with Crippen molar-refractivity contribution in [1.29, 1.82) is 0 Å². The van der Waals surface area contributed by atoms with Gasteiger partial charge in [0.05, 0.1) is 13.0 Å². The summed E-state index contributed by atoms with van der Waals surface area (Å²) in [6, 6.07) is 16.6. The summed E-state index contributed by atoms with van der Waals surface area (Å²) in [6.07, 6.45) is 1.76. The number of hydroxylamine groups is 1. The van der Waals surface area contributed by atoms with Crippen molar-refractivity contribution in [3.05, 3.63) is 66.4 Å². The molecular formula is C20H21N3O4. The van der Waals surface area contributed by atoms with E-state index in [1.165, 1.54) is 4.90 Å². The summed E-state index contributed by atoms with van der Waals surface area (Å²) in [5, 5.41) is 19.0. The number of aliphatic hydroxyl groups is 1. The summed E-state index contributed by atoms with van der Waals surface area (Å²) in [5.41, 5.74) is 3.89. The van der Waals surface area contributed by atoms with Crippen molar-refractivity contribution in [1.82, 2.24) is 10.0 Å². The molecule has 2 aromatic carbocycles. The molecule has 1 aromatic heterocycles. The highest BCUT2D eigenvalue weighted by atomic mass is 16.5. The lowest BCUT2D eigenvalue weighted by molar-refractivity contribution is -0.128. The van der Waals surface area contributed by atoms with Gasteiger partial charge in [0.2, 0.25) is 11.8 Å². The van der Waals surface area contributed by atoms with E-state index >= 15 is 0 Å². The fraction of sp³-hybridized carbons (Fsp3) is 0.200. The predicted octanol–water partition coefficient (Wildman–Crippen LogP) is 1.71. The van der Waals surface area contributed by atoms with Crippen molar-refractivity contribution < 1.29 is 19.9 Å². The summed E-state index contributed by atoms with van der Waals surface area (Å²) < 4.78 is 1.78. The second-order valence-corrected chi connectivity index (χ2v) is 6.12. The molecule has 0 fully saturated rings. The zero-order valence-electron chi connectivity index (χ0n) is 14.7. The third-order valence-corrected chi connectivity index (χ3v) is 4.34. The maximum atomic E-state index is 12.9. The fourth-order valence-electron chi connectivity index (χ4n) is 3.14. The number of anilines is 1. The van der Waals surface area contributed by atoms with E-state index in [4.69, 9.17) is 5.21 Å². The standard InChI is InChI=1S/C20H21N3O4/c24-11-10-23(16-6-2-1-3-7-16)20(26)14-22-13-15(12-19(25)21-27)17-8-4-5-9-18(17)22/h1-9,13,24,27H,10-12,14H2,(H,21,25). The van der Waals surface area contributed by atoms with Crippen LogP contribution in [-0.2, 0) is 22.6 Å². The third kappa shape index (κ3) is 4.16. The van der Waals surface area contributed by atoms with Gasteiger partial charge in [-0.15, -0.1) is 0 Å².